The van der Waals surface area contributed by atoms with Gasteiger partial charge in [0.05, 0.1) is 17.6 Å². The highest BCUT2D eigenvalue weighted by Crippen LogP contribution is 2.29. The van der Waals surface area contributed by atoms with Gasteiger partial charge < -0.3 is 9.84 Å². The van der Waals surface area contributed by atoms with Crippen LogP contribution in [0.3, 0.4) is 0 Å². The predicted molar refractivity (Wildman–Crippen MR) is 114 cm³/mol. The minimum absolute atomic E-state index is 0.0230. The molecule has 5 nitrogen and oxygen atoms in total. The van der Waals surface area contributed by atoms with E-state index in [2.05, 4.69) is 6.92 Å². The average Bonchev–Trinajstić information content (AvgIpc) is 3.13. The maximum absolute atomic E-state index is 13.4. The molecule has 0 spiro atoms. The third-order valence-corrected chi connectivity index (χ3v) is 7.31. The summed E-state index contributed by atoms with van der Waals surface area (Å²) in [6.45, 7) is 3.35. The van der Waals surface area contributed by atoms with Gasteiger partial charge >= 0.3 is 0 Å². The first-order valence-corrected chi connectivity index (χ1v) is 11.9. The van der Waals surface area contributed by atoms with E-state index in [4.69, 9.17) is 4.74 Å². The molecule has 0 aromatic heterocycles. The Morgan fingerprint density at radius 3 is 2.41 bits per heavy atom. The summed E-state index contributed by atoms with van der Waals surface area (Å²) in [7, 11) is -3.69. The zero-order valence-corrected chi connectivity index (χ0v) is 17.9. The van der Waals surface area contributed by atoms with Gasteiger partial charge in [0, 0.05) is 13.1 Å². The fraction of sp³-hybridized carbons (Fsp3) is 0.478. The predicted octanol–water partition coefficient (Wildman–Crippen LogP) is 4.22. The fourth-order valence-corrected chi connectivity index (χ4v) is 5.20. The number of unbranched alkanes of at least 4 members (excludes halogenated alkanes) is 1. The van der Waals surface area contributed by atoms with Crippen LogP contribution < -0.4 is 4.74 Å². The quantitative estimate of drug-likeness (QED) is 0.588. The van der Waals surface area contributed by atoms with Crippen molar-refractivity contribution < 1.29 is 18.3 Å². The molecule has 1 fully saturated rings. The highest BCUT2D eigenvalue weighted by Gasteiger charge is 2.32. The molecule has 2 atom stereocenters. The van der Waals surface area contributed by atoms with Crippen LogP contribution in [0.2, 0.25) is 0 Å². The van der Waals surface area contributed by atoms with Crippen molar-refractivity contribution in [3.05, 3.63) is 60.2 Å². The maximum atomic E-state index is 13.4. The molecule has 1 saturated carbocycles. The zero-order chi connectivity index (χ0) is 20.7. The third kappa shape index (κ3) is 5.81. The molecule has 1 aliphatic carbocycles. The van der Waals surface area contributed by atoms with Crippen molar-refractivity contribution in [3.8, 4) is 5.75 Å². The third-order valence-electron chi connectivity index (χ3n) is 5.49. The zero-order valence-electron chi connectivity index (χ0n) is 17.0. The van der Waals surface area contributed by atoms with Gasteiger partial charge in [-0.2, -0.15) is 4.31 Å². The van der Waals surface area contributed by atoms with E-state index in [0.29, 0.717) is 25.4 Å². The van der Waals surface area contributed by atoms with Gasteiger partial charge in [0.2, 0.25) is 10.0 Å². The van der Waals surface area contributed by atoms with Crippen LogP contribution in [0.4, 0.5) is 0 Å². The maximum Gasteiger partial charge on any atom is 0.243 e. The van der Waals surface area contributed by atoms with Gasteiger partial charge in [0.15, 0.2) is 0 Å². The standard InChI is InChI=1S/C23H31NO4S/c1-2-3-16-28-21-12-14-22(15-13-21)29(26,27)24(17-19-8-5-4-6-9-19)18-20-10-7-11-23(20)25/h4-6,8-9,12-15,20,23,25H,2-3,7,10-11,16-18H2,1H3. The highest BCUT2D eigenvalue weighted by molar-refractivity contribution is 7.89. The Hall–Kier alpha value is -1.89. The minimum Gasteiger partial charge on any atom is -0.494 e. The molecule has 0 amide bonds. The number of hydrogen-bond donors (Lipinski definition) is 1. The van der Waals surface area contributed by atoms with Crippen molar-refractivity contribution in [3.63, 3.8) is 0 Å². The van der Waals surface area contributed by atoms with Crippen molar-refractivity contribution >= 4 is 10.0 Å². The first-order valence-electron chi connectivity index (χ1n) is 10.5. The second-order valence-electron chi connectivity index (χ2n) is 7.71. The normalized spacial score (nSPS) is 19.6. The first kappa shape index (κ1) is 21.8. The van der Waals surface area contributed by atoms with Gasteiger partial charge in [-0.05, 0) is 55.0 Å². The molecule has 1 aliphatic rings. The van der Waals surface area contributed by atoms with Crippen LogP contribution in [0.25, 0.3) is 0 Å². The van der Waals surface area contributed by atoms with Crippen LogP contribution >= 0.6 is 0 Å². The Kier molecular flexibility index (Phi) is 7.70. The first-order chi connectivity index (χ1) is 14.0. The van der Waals surface area contributed by atoms with E-state index in [-0.39, 0.29) is 10.8 Å². The lowest BCUT2D eigenvalue weighted by atomic mass is 10.1. The summed E-state index contributed by atoms with van der Waals surface area (Å²) in [5.74, 6) is 0.656. The van der Waals surface area contributed by atoms with Crippen molar-refractivity contribution in [2.24, 2.45) is 5.92 Å². The van der Waals surface area contributed by atoms with Gasteiger partial charge in [-0.25, -0.2) is 8.42 Å². The van der Waals surface area contributed by atoms with Crippen molar-refractivity contribution in [2.45, 2.75) is 56.6 Å². The lowest BCUT2D eigenvalue weighted by Crippen LogP contribution is -2.37. The number of ether oxygens (including phenoxy) is 1. The van der Waals surface area contributed by atoms with E-state index in [1.165, 1.54) is 4.31 Å². The van der Waals surface area contributed by atoms with E-state index < -0.39 is 16.1 Å². The van der Waals surface area contributed by atoms with E-state index >= 15 is 0 Å². The highest BCUT2D eigenvalue weighted by atomic mass is 32.2. The average molecular weight is 418 g/mol. The molecule has 6 heteroatoms. The second-order valence-corrected chi connectivity index (χ2v) is 9.65. The van der Waals surface area contributed by atoms with Crippen molar-refractivity contribution in [1.82, 2.24) is 4.31 Å². The Morgan fingerprint density at radius 1 is 1.07 bits per heavy atom. The van der Waals surface area contributed by atoms with E-state index in [1.807, 2.05) is 30.3 Å². The number of rotatable bonds is 10. The summed E-state index contributed by atoms with van der Waals surface area (Å²) in [6, 6.07) is 16.2. The molecule has 0 aliphatic heterocycles. The van der Waals surface area contributed by atoms with E-state index in [9.17, 15) is 13.5 Å². The molecule has 2 aromatic rings. The number of hydrogen-bond acceptors (Lipinski definition) is 4. The molecule has 158 valence electrons. The van der Waals surface area contributed by atoms with Gasteiger partial charge in [0.1, 0.15) is 5.75 Å². The fourth-order valence-electron chi connectivity index (χ4n) is 3.72. The lowest BCUT2D eigenvalue weighted by molar-refractivity contribution is 0.119. The molecule has 0 heterocycles. The molecule has 0 radical (unpaired) electrons. The number of benzene rings is 2. The lowest BCUT2D eigenvalue weighted by Gasteiger charge is -2.27. The monoisotopic (exact) mass is 417 g/mol. The molecule has 29 heavy (non-hydrogen) atoms. The molecular weight excluding hydrogens is 386 g/mol. The molecular formula is C23H31NO4S. The van der Waals surface area contributed by atoms with Crippen LogP contribution in [0.5, 0.6) is 5.75 Å². The van der Waals surface area contributed by atoms with Crippen LogP contribution in [0.15, 0.2) is 59.5 Å². The van der Waals surface area contributed by atoms with Crippen molar-refractivity contribution in [1.29, 1.82) is 0 Å². The summed E-state index contributed by atoms with van der Waals surface area (Å²) >= 11 is 0. The molecule has 1 N–H and O–H groups in total. The van der Waals surface area contributed by atoms with Gasteiger partial charge in [0.25, 0.3) is 0 Å². The van der Waals surface area contributed by atoms with Crippen LogP contribution in [-0.2, 0) is 16.6 Å². The molecule has 0 bridgehead atoms. The number of nitrogens with zero attached hydrogens (tertiary/aromatic N) is 1. The largest absolute Gasteiger partial charge is 0.494 e. The Morgan fingerprint density at radius 2 is 1.79 bits per heavy atom. The molecule has 2 aromatic carbocycles. The summed E-state index contributed by atoms with van der Waals surface area (Å²) < 4.78 is 34.0. The molecule has 2 unspecified atom stereocenters. The Bertz CT molecular complexity index is 852. The molecule has 0 saturated heterocycles. The van der Waals surface area contributed by atoms with Crippen molar-refractivity contribution in [2.75, 3.05) is 13.2 Å². The van der Waals surface area contributed by atoms with Gasteiger partial charge in [-0.1, -0.05) is 50.1 Å². The van der Waals surface area contributed by atoms with Crippen LogP contribution in [0.1, 0.15) is 44.6 Å². The van der Waals surface area contributed by atoms with Crippen LogP contribution in [-0.4, -0.2) is 37.1 Å². The Balaban J connectivity index is 1.80. The minimum atomic E-state index is -3.69. The number of sulfonamides is 1. The van der Waals surface area contributed by atoms with Gasteiger partial charge in [-0.15, -0.1) is 0 Å². The Labute approximate surface area is 174 Å². The van der Waals surface area contributed by atoms with E-state index in [1.54, 1.807) is 24.3 Å². The summed E-state index contributed by atoms with van der Waals surface area (Å²) in [4.78, 5) is 0.253. The van der Waals surface area contributed by atoms with E-state index in [0.717, 1.165) is 37.7 Å². The van der Waals surface area contributed by atoms with Crippen LogP contribution in [0, 0.1) is 5.92 Å². The smallest absolute Gasteiger partial charge is 0.243 e. The second kappa shape index (κ2) is 10.2. The molecule has 3 rings (SSSR count). The number of aliphatic hydroxyl groups excluding tert-OH is 1. The summed E-state index contributed by atoms with van der Waals surface area (Å²) in [5, 5.41) is 10.2. The summed E-state index contributed by atoms with van der Waals surface area (Å²) in [6.07, 6.45) is 4.12. The summed E-state index contributed by atoms with van der Waals surface area (Å²) in [5.41, 5.74) is 0.933. The topological polar surface area (TPSA) is 66.8 Å². The SMILES string of the molecule is CCCCOc1ccc(S(=O)(=O)N(Cc2ccccc2)CC2CCCC2O)cc1. The van der Waals surface area contributed by atoms with Gasteiger partial charge in [-0.3, -0.25) is 0 Å². The number of aliphatic hydroxyl groups is 1.